The average molecular weight is 359 g/mol. The summed E-state index contributed by atoms with van der Waals surface area (Å²) in [5.74, 6) is 0.263. The first-order valence-electron chi connectivity index (χ1n) is 9.64. The van der Waals surface area contributed by atoms with Gasteiger partial charge in [-0.1, -0.05) is 18.9 Å². The molecule has 1 saturated heterocycles. The minimum Gasteiger partial charge on any atom is -0.383 e. The number of likely N-dealkylation sites (tertiary alicyclic amines) is 1. The molecule has 0 spiro atoms. The molecule has 1 aliphatic carbocycles. The van der Waals surface area contributed by atoms with Crippen LogP contribution in [0, 0.1) is 5.41 Å². The lowest BCUT2D eigenvalue weighted by atomic mass is 9.64. The van der Waals surface area contributed by atoms with E-state index in [2.05, 4.69) is 10.3 Å². The maximum absolute atomic E-state index is 13.2. The summed E-state index contributed by atoms with van der Waals surface area (Å²) >= 11 is 0. The summed E-state index contributed by atoms with van der Waals surface area (Å²) in [5.41, 5.74) is 0.537. The number of hydrogen-bond donors (Lipinski definition) is 1. The molecule has 0 radical (unpaired) electrons. The van der Waals surface area contributed by atoms with Gasteiger partial charge in [0.15, 0.2) is 0 Å². The molecule has 2 amide bonds. The summed E-state index contributed by atoms with van der Waals surface area (Å²) in [6.45, 7) is 1.67. The molecule has 1 aliphatic heterocycles. The van der Waals surface area contributed by atoms with Gasteiger partial charge in [0, 0.05) is 51.0 Å². The predicted octanol–water partition coefficient (Wildman–Crippen LogP) is 1.94. The van der Waals surface area contributed by atoms with Crippen molar-refractivity contribution in [3.05, 3.63) is 30.1 Å². The molecular formula is C20H29N3O3. The Morgan fingerprint density at radius 2 is 2.27 bits per heavy atom. The molecule has 6 heteroatoms. The van der Waals surface area contributed by atoms with Gasteiger partial charge in [0.05, 0.1) is 12.0 Å². The Morgan fingerprint density at radius 1 is 1.38 bits per heavy atom. The summed E-state index contributed by atoms with van der Waals surface area (Å²) in [6.07, 6.45) is 7.50. The summed E-state index contributed by atoms with van der Waals surface area (Å²) in [5, 5.41) is 3.13. The molecule has 2 heterocycles. The number of carbonyl (C=O) groups is 2. The number of hydrogen-bond acceptors (Lipinski definition) is 4. The van der Waals surface area contributed by atoms with Gasteiger partial charge in [-0.2, -0.15) is 0 Å². The highest BCUT2D eigenvalue weighted by atomic mass is 16.5. The van der Waals surface area contributed by atoms with E-state index >= 15 is 0 Å². The van der Waals surface area contributed by atoms with Crippen LogP contribution < -0.4 is 5.32 Å². The van der Waals surface area contributed by atoms with Crippen molar-refractivity contribution >= 4 is 11.8 Å². The van der Waals surface area contributed by atoms with E-state index in [-0.39, 0.29) is 17.9 Å². The third kappa shape index (κ3) is 3.90. The third-order valence-electron chi connectivity index (χ3n) is 5.85. The van der Waals surface area contributed by atoms with Gasteiger partial charge < -0.3 is 15.0 Å². The van der Waals surface area contributed by atoms with E-state index in [9.17, 15) is 9.59 Å². The van der Waals surface area contributed by atoms with Gasteiger partial charge in [-0.05, 0) is 31.4 Å². The highest BCUT2D eigenvalue weighted by Crippen LogP contribution is 2.46. The van der Waals surface area contributed by atoms with Crippen LogP contribution in [0.2, 0.25) is 0 Å². The number of nitrogens with one attached hydrogen (secondary N) is 1. The van der Waals surface area contributed by atoms with Crippen LogP contribution in [-0.2, 0) is 20.7 Å². The van der Waals surface area contributed by atoms with Crippen LogP contribution >= 0.6 is 0 Å². The molecule has 1 aromatic heterocycles. The number of piperidine rings is 1. The van der Waals surface area contributed by atoms with Crippen molar-refractivity contribution < 1.29 is 14.3 Å². The van der Waals surface area contributed by atoms with Gasteiger partial charge in [0.1, 0.15) is 0 Å². The Labute approximate surface area is 155 Å². The van der Waals surface area contributed by atoms with E-state index in [1.807, 2.05) is 23.1 Å². The topological polar surface area (TPSA) is 71.5 Å². The smallest absolute Gasteiger partial charge is 0.228 e. The van der Waals surface area contributed by atoms with Crippen molar-refractivity contribution in [2.24, 2.45) is 5.41 Å². The molecule has 2 aliphatic rings. The minimum absolute atomic E-state index is 0.00232. The molecule has 1 aromatic rings. The normalized spacial score (nSPS) is 25.7. The Kier molecular flexibility index (Phi) is 6.25. The summed E-state index contributed by atoms with van der Waals surface area (Å²) in [6, 6.07) is 5.82. The molecular weight excluding hydrogens is 330 g/mol. The van der Waals surface area contributed by atoms with E-state index < -0.39 is 5.41 Å². The van der Waals surface area contributed by atoms with Crippen LogP contribution in [-0.4, -0.2) is 54.5 Å². The van der Waals surface area contributed by atoms with E-state index in [0.29, 0.717) is 32.5 Å². The number of rotatable bonds is 7. The fourth-order valence-electron chi connectivity index (χ4n) is 4.49. The molecule has 0 unspecified atom stereocenters. The van der Waals surface area contributed by atoms with E-state index in [1.165, 1.54) is 0 Å². The first-order valence-corrected chi connectivity index (χ1v) is 9.64. The van der Waals surface area contributed by atoms with Gasteiger partial charge in [-0.25, -0.2) is 0 Å². The number of pyridine rings is 1. The van der Waals surface area contributed by atoms with E-state index in [0.717, 1.165) is 37.8 Å². The second-order valence-electron chi connectivity index (χ2n) is 7.32. The molecule has 1 N–H and O–H groups in total. The highest BCUT2D eigenvalue weighted by Gasteiger charge is 2.52. The molecule has 2 fully saturated rings. The Balaban J connectivity index is 1.67. The lowest BCUT2D eigenvalue weighted by Crippen LogP contribution is -2.62. The number of ether oxygens (including phenoxy) is 1. The monoisotopic (exact) mass is 359 g/mol. The molecule has 142 valence electrons. The maximum Gasteiger partial charge on any atom is 0.228 e. The fourth-order valence-corrected chi connectivity index (χ4v) is 4.49. The second-order valence-corrected chi connectivity index (χ2v) is 7.32. The molecule has 3 rings (SSSR count). The zero-order valence-corrected chi connectivity index (χ0v) is 15.6. The van der Waals surface area contributed by atoms with Crippen LogP contribution in [0.4, 0.5) is 0 Å². The van der Waals surface area contributed by atoms with Gasteiger partial charge in [0.25, 0.3) is 0 Å². The summed E-state index contributed by atoms with van der Waals surface area (Å²) in [4.78, 5) is 31.8. The van der Waals surface area contributed by atoms with Crippen LogP contribution in [0.25, 0.3) is 0 Å². The Morgan fingerprint density at radius 3 is 3.04 bits per heavy atom. The van der Waals surface area contributed by atoms with Crippen molar-refractivity contribution in [2.45, 2.75) is 51.0 Å². The third-order valence-corrected chi connectivity index (χ3v) is 5.85. The van der Waals surface area contributed by atoms with Crippen molar-refractivity contribution in [1.82, 2.24) is 15.2 Å². The lowest BCUT2D eigenvalue weighted by Gasteiger charge is -2.51. The van der Waals surface area contributed by atoms with Crippen molar-refractivity contribution in [3.8, 4) is 0 Å². The number of methoxy groups -OCH3 is 1. The molecule has 26 heavy (non-hydrogen) atoms. The van der Waals surface area contributed by atoms with Crippen LogP contribution in [0.1, 0.15) is 44.2 Å². The van der Waals surface area contributed by atoms with Gasteiger partial charge >= 0.3 is 0 Å². The van der Waals surface area contributed by atoms with E-state index in [1.54, 1.807) is 13.3 Å². The second kappa shape index (κ2) is 8.62. The number of fused-ring (bicyclic) bond motifs is 1. The number of nitrogens with zero attached hydrogens (tertiary/aromatic N) is 2. The Hall–Kier alpha value is -1.95. The maximum atomic E-state index is 13.2. The molecule has 0 bridgehead atoms. The van der Waals surface area contributed by atoms with E-state index in [4.69, 9.17) is 4.74 Å². The SMILES string of the molecule is COCCN1C(=O)CC[C@@]2(C(=O)NCCc3ccccn3)CCCC[C@H]12. The first kappa shape index (κ1) is 18.8. The Bertz CT molecular complexity index is 622. The quantitative estimate of drug-likeness (QED) is 0.808. The van der Waals surface area contributed by atoms with Crippen LogP contribution in [0.5, 0.6) is 0 Å². The van der Waals surface area contributed by atoms with Gasteiger partial charge in [-0.3, -0.25) is 14.6 Å². The molecule has 6 nitrogen and oxygen atoms in total. The molecule has 0 aromatic carbocycles. The van der Waals surface area contributed by atoms with Crippen LogP contribution in [0.3, 0.4) is 0 Å². The molecule has 2 atom stereocenters. The first-order chi connectivity index (χ1) is 12.7. The lowest BCUT2D eigenvalue weighted by molar-refractivity contribution is -0.156. The largest absolute Gasteiger partial charge is 0.383 e. The predicted molar refractivity (Wildman–Crippen MR) is 98.5 cm³/mol. The number of carbonyl (C=O) groups excluding carboxylic acids is 2. The average Bonchev–Trinajstić information content (AvgIpc) is 2.68. The minimum atomic E-state index is -0.440. The molecule has 1 saturated carbocycles. The summed E-state index contributed by atoms with van der Waals surface area (Å²) in [7, 11) is 1.65. The summed E-state index contributed by atoms with van der Waals surface area (Å²) < 4.78 is 5.18. The zero-order chi connectivity index (χ0) is 18.4. The van der Waals surface area contributed by atoms with Crippen molar-refractivity contribution in [1.29, 1.82) is 0 Å². The van der Waals surface area contributed by atoms with Crippen LogP contribution in [0.15, 0.2) is 24.4 Å². The zero-order valence-electron chi connectivity index (χ0n) is 15.6. The standard InChI is InChI=1S/C20H29N3O3/c1-26-15-14-23-17-7-2-4-10-20(17,11-8-18(23)24)19(25)22-13-9-16-6-3-5-12-21-16/h3,5-6,12,17H,2,4,7-11,13-15H2,1H3,(H,22,25)/t17-,20-/m0/s1. The van der Waals surface area contributed by atoms with Gasteiger partial charge in [-0.15, -0.1) is 0 Å². The highest BCUT2D eigenvalue weighted by molar-refractivity contribution is 5.88. The number of amides is 2. The van der Waals surface area contributed by atoms with Crippen molar-refractivity contribution in [2.75, 3.05) is 26.8 Å². The fraction of sp³-hybridized carbons (Fsp3) is 0.650. The number of aromatic nitrogens is 1. The van der Waals surface area contributed by atoms with Crippen molar-refractivity contribution in [3.63, 3.8) is 0 Å². The van der Waals surface area contributed by atoms with Gasteiger partial charge in [0.2, 0.25) is 11.8 Å².